The smallest absolute Gasteiger partial charge is 0.422 e. The average Bonchev–Trinajstić information content (AvgIpc) is 2.34. The molecule has 3 nitrogen and oxygen atoms in total. The first kappa shape index (κ1) is 12.3. The predicted octanol–water partition coefficient (Wildman–Crippen LogP) is 2.99. The number of ether oxygens (including phenoxy) is 1. The van der Waals surface area contributed by atoms with Crippen molar-refractivity contribution >= 4 is 17.2 Å². The van der Waals surface area contributed by atoms with Gasteiger partial charge in [-0.15, -0.1) is 0 Å². The molecule has 0 N–H and O–H groups in total. The van der Waals surface area contributed by atoms with Gasteiger partial charge in [-0.3, -0.25) is 4.79 Å². The minimum atomic E-state index is -4.42. The molecule has 0 bridgehead atoms. The first-order chi connectivity index (χ1) is 8.49. The van der Waals surface area contributed by atoms with Crippen LogP contribution in [-0.4, -0.2) is 24.1 Å². The molecule has 1 aromatic heterocycles. The van der Waals surface area contributed by atoms with E-state index in [9.17, 15) is 18.0 Å². The molecule has 0 aliphatic heterocycles. The fourth-order valence-corrected chi connectivity index (χ4v) is 1.50. The number of aldehydes is 1. The van der Waals surface area contributed by atoms with Crippen molar-refractivity contribution < 1.29 is 22.7 Å². The molecule has 0 saturated heterocycles. The van der Waals surface area contributed by atoms with Crippen molar-refractivity contribution in [3.05, 3.63) is 36.0 Å². The Morgan fingerprint density at radius 3 is 2.67 bits per heavy atom. The highest BCUT2D eigenvalue weighted by atomic mass is 19.4. The van der Waals surface area contributed by atoms with Crippen LogP contribution >= 0.6 is 0 Å². The highest BCUT2D eigenvalue weighted by molar-refractivity contribution is 5.88. The Morgan fingerprint density at radius 1 is 1.28 bits per heavy atom. The summed E-state index contributed by atoms with van der Waals surface area (Å²) in [6, 6.07) is 7.72. The van der Waals surface area contributed by atoms with Crippen LogP contribution in [0.5, 0.6) is 5.75 Å². The lowest BCUT2D eigenvalue weighted by atomic mass is 10.2. The lowest BCUT2D eigenvalue weighted by Gasteiger charge is -2.11. The van der Waals surface area contributed by atoms with Crippen LogP contribution in [-0.2, 0) is 0 Å². The first-order valence-electron chi connectivity index (χ1n) is 5.04. The maximum atomic E-state index is 12.1. The minimum absolute atomic E-state index is 0.0000231. The number of alkyl halides is 3. The summed E-state index contributed by atoms with van der Waals surface area (Å²) >= 11 is 0. The number of halogens is 3. The second-order valence-corrected chi connectivity index (χ2v) is 3.58. The van der Waals surface area contributed by atoms with Gasteiger partial charge in [0.2, 0.25) is 0 Å². The van der Waals surface area contributed by atoms with Gasteiger partial charge in [-0.25, -0.2) is 4.98 Å². The van der Waals surface area contributed by atoms with Gasteiger partial charge in [0.05, 0.1) is 5.52 Å². The van der Waals surface area contributed by atoms with Crippen LogP contribution in [0.25, 0.3) is 10.9 Å². The Morgan fingerprint density at radius 2 is 2.00 bits per heavy atom. The first-order valence-corrected chi connectivity index (χ1v) is 5.04. The third kappa shape index (κ3) is 2.77. The number of carbonyl (C=O) groups is 1. The Balaban J connectivity index is 2.44. The van der Waals surface area contributed by atoms with E-state index in [0.717, 1.165) is 0 Å². The molecule has 0 aliphatic carbocycles. The van der Waals surface area contributed by atoms with Crippen molar-refractivity contribution in [3.8, 4) is 5.75 Å². The van der Waals surface area contributed by atoms with Gasteiger partial charge in [0, 0.05) is 11.5 Å². The number of nitrogens with zero attached hydrogens (tertiary/aromatic N) is 1. The molecule has 0 saturated carbocycles. The summed E-state index contributed by atoms with van der Waals surface area (Å²) < 4.78 is 41.0. The van der Waals surface area contributed by atoms with Crippen molar-refractivity contribution in [1.82, 2.24) is 4.98 Å². The molecule has 2 rings (SSSR count). The summed E-state index contributed by atoms with van der Waals surface area (Å²) in [5, 5.41) is 0.437. The van der Waals surface area contributed by atoms with Crippen molar-refractivity contribution in [1.29, 1.82) is 0 Å². The number of carbonyl (C=O) groups excluding carboxylic acids is 1. The van der Waals surface area contributed by atoms with Crippen molar-refractivity contribution in [2.75, 3.05) is 6.61 Å². The summed E-state index contributed by atoms with van der Waals surface area (Å²) in [7, 11) is 0. The van der Waals surface area contributed by atoms with Gasteiger partial charge >= 0.3 is 6.18 Å². The van der Waals surface area contributed by atoms with E-state index in [1.165, 1.54) is 6.07 Å². The second-order valence-electron chi connectivity index (χ2n) is 3.58. The van der Waals surface area contributed by atoms with Crippen LogP contribution in [0.3, 0.4) is 0 Å². The fraction of sp³-hybridized carbons (Fsp3) is 0.167. The van der Waals surface area contributed by atoms with Crippen LogP contribution in [0, 0.1) is 0 Å². The zero-order chi connectivity index (χ0) is 13.2. The molecule has 0 radical (unpaired) electrons. The Bertz CT molecular complexity index is 581. The van der Waals surface area contributed by atoms with Crippen LogP contribution < -0.4 is 4.74 Å². The fourth-order valence-electron chi connectivity index (χ4n) is 1.50. The summed E-state index contributed by atoms with van der Waals surface area (Å²) in [4.78, 5) is 14.6. The highest BCUT2D eigenvalue weighted by Gasteiger charge is 2.28. The predicted molar refractivity (Wildman–Crippen MR) is 58.7 cm³/mol. The third-order valence-electron chi connectivity index (χ3n) is 2.21. The SMILES string of the molecule is O=Cc1cc(OCC(F)(F)F)c2ccccc2n1. The molecular weight excluding hydrogens is 247 g/mol. The lowest BCUT2D eigenvalue weighted by Crippen LogP contribution is -2.19. The largest absolute Gasteiger partial charge is 0.483 e. The highest BCUT2D eigenvalue weighted by Crippen LogP contribution is 2.26. The average molecular weight is 255 g/mol. The van der Waals surface area contributed by atoms with Gasteiger partial charge in [-0.2, -0.15) is 13.2 Å². The monoisotopic (exact) mass is 255 g/mol. The van der Waals surface area contributed by atoms with Gasteiger partial charge in [0.1, 0.15) is 11.4 Å². The quantitative estimate of drug-likeness (QED) is 0.791. The van der Waals surface area contributed by atoms with E-state index in [0.29, 0.717) is 17.2 Å². The standard InChI is InChI=1S/C12H8F3NO2/c13-12(14,15)7-18-11-5-8(6-17)16-10-4-2-1-3-9(10)11/h1-6H,7H2. The van der Waals surface area contributed by atoms with Gasteiger partial charge in [-0.1, -0.05) is 12.1 Å². The number of hydrogen-bond donors (Lipinski definition) is 0. The maximum Gasteiger partial charge on any atom is 0.422 e. The molecule has 0 aliphatic rings. The Hall–Kier alpha value is -2.11. The molecular formula is C12H8F3NO2. The molecule has 18 heavy (non-hydrogen) atoms. The van der Waals surface area contributed by atoms with E-state index >= 15 is 0 Å². The number of para-hydroxylation sites is 1. The second kappa shape index (κ2) is 4.64. The number of fused-ring (bicyclic) bond motifs is 1. The molecule has 0 fully saturated rings. The van der Waals surface area contributed by atoms with E-state index in [4.69, 9.17) is 4.74 Å². The van der Waals surface area contributed by atoms with Crippen LogP contribution in [0.4, 0.5) is 13.2 Å². The molecule has 0 atom stereocenters. The van der Waals surface area contributed by atoms with Gasteiger partial charge in [-0.05, 0) is 12.1 Å². The van der Waals surface area contributed by atoms with Crippen LogP contribution in [0.2, 0.25) is 0 Å². The van der Waals surface area contributed by atoms with Crippen molar-refractivity contribution in [2.45, 2.75) is 6.18 Å². The molecule has 0 spiro atoms. The number of aromatic nitrogens is 1. The molecule has 6 heteroatoms. The molecule has 0 amide bonds. The summed E-state index contributed by atoms with van der Waals surface area (Å²) in [5.74, 6) is 0.0000231. The van der Waals surface area contributed by atoms with Gasteiger partial charge < -0.3 is 4.74 Å². The number of pyridine rings is 1. The third-order valence-corrected chi connectivity index (χ3v) is 2.21. The van der Waals surface area contributed by atoms with Crippen LogP contribution in [0.15, 0.2) is 30.3 Å². The van der Waals surface area contributed by atoms with Crippen molar-refractivity contribution in [2.24, 2.45) is 0 Å². The molecule has 1 heterocycles. The Kier molecular flexibility index (Phi) is 3.18. The van der Waals surface area contributed by atoms with Crippen molar-refractivity contribution in [3.63, 3.8) is 0 Å². The zero-order valence-corrected chi connectivity index (χ0v) is 9.07. The van der Waals surface area contributed by atoms with Crippen LogP contribution in [0.1, 0.15) is 10.5 Å². The molecule has 94 valence electrons. The van der Waals surface area contributed by atoms with E-state index in [1.807, 2.05) is 0 Å². The summed E-state index contributed by atoms with van der Waals surface area (Å²) in [6.45, 7) is -1.40. The van der Waals surface area contributed by atoms with Gasteiger partial charge in [0.15, 0.2) is 12.9 Å². The molecule has 1 aromatic carbocycles. The number of hydrogen-bond acceptors (Lipinski definition) is 3. The topological polar surface area (TPSA) is 39.2 Å². The zero-order valence-electron chi connectivity index (χ0n) is 9.07. The van der Waals surface area contributed by atoms with E-state index < -0.39 is 12.8 Å². The minimum Gasteiger partial charge on any atom is -0.483 e. The molecule has 2 aromatic rings. The van der Waals surface area contributed by atoms with Gasteiger partial charge in [0.25, 0.3) is 0 Å². The molecule has 0 unspecified atom stereocenters. The van der Waals surface area contributed by atoms with E-state index in [2.05, 4.69) is 4.98 Å². The summed E-state index contributed by atoms with van der Waals surface area (Å²) in [5.41, 5.74) is 0.449. The normalized spacial score (nSPS) is 11.5. The summed E-state index contributed by atoms with van der Waals surface area (Å²) in [6.07, 6.45) is -3.96. The maximum absolute atomic E-state index is 12.1. The van der Waals surface area contributed by atoms with E-state index in [1.54, 1.807) is 24.3 Å². The number of rotatable bonds is 3. The Labute approximate surface area is 100 Å². The lowest BCUT2D eigenvalue weighted by molar-refractivity contribution is -0.153. The van der Waals surface area contributed by atoms with E-state index in [-0.39, 0.29) is 11.4 Å². The number of benzene rings is 1.